The molecule has 0 bridgehead atoms. The summed E-state index contributed by atoms with van der Waals surface area (Å²) in [5.41, 5.74) is 3.22. The molecule has 19 heavy (non-hydrogen) atoms. The van der Waals surface area contributed by atoms with Crippen LogP contribution in [0.25, 0.3) is 11.1 Å². The number of aryl methyl sites for hydroxylation is 2. The predicted octanol–water partition coefficient (Wildman–Crippen LogP) is 3.60. The Bertz CT molecular complexity index is 603. The maximum atomic E-state index is 9.99. The molecule has 0 aliphatic rings. The first kappa shape index (κ1) is 13.3. The van der Waals surface area contributed by atoms with Crippen LogP contribution in [0.5, 0.6) is 17.2 Å². The van der Waals surface area contributed by atoms with E-state index in [9.17, 15) is 15.3 Å². The Labute approximate surface area is 112 Å². The molecule has 2 aromatic carbocycles. The minimum absolute atomic E-state index is 0.152. The van der Waals surface area contributed by atoms with Crippen molar-refractivity contribution in [2.45, 2.75) is 26.7 Å². The van der Waals surface area contributed by atoms with E-state index in [1.807, 2.05) is 19.9 Å². The van der Waals surface area contributed by atoms with Crippen molar-refractivity contribution in [1.82, 2.24) is 0 Å². The Kier molecular flexibility index (Phi) is 3.65. The van der Waals surface area contributed by atoms with Crippen molar-refractivity contribution in [2.24, 2.45) is 0 Å². The van der Waals surface area contributed by atoms with Crippen LogP contribution in [0.4, 0.5) is 0 Å². The molecular weight excluding hydrogens is 240 g/mol. The van der Waals surface area contributed by atoms with E-state index < -0.39 is 0 Å². The highest BCUT2D eigenvalue weighted by molar-refractivity contribution is 5.77. The van der Waals surface area contributed by atoms with Gasteiger partial charge < -0.3 is 15.3 Å². The zero-order valence-electron chi connectivity index (χ0n) is 11.1. The Balaban J connectivity index is 2.68. The van der Waals surface area contributed by atoms with Crippen LogP contribution in [0.2, 0.25) is 0 Å². The molecule has 0 saturated carbocycles. The van der Waals surface area contributed by atoms with Crippen molar-refractivity contribution in [3.63, 3.8) is 0 Å². The normalized spacial score (nSPS) is 10.6. The highest BCUT2D eigenvalue weighted by Gasteiger charge is 2.14. The first-order chi connectivity index (χ1) is 9.08. The zero-order chi connectivity index (χ0) is 14.0. The Morgan fingerprint density at radius 1 is 0.789 bits per heavy atom. The fraction of sp³-hybridized carbons (Fsp3) is 0.250. The third kappa shape index (κ3) is 2.36. The van der Waals surface area contributed by atoms with E-state index in [0.29, 0.717) is 5.56 Å². The molecule has 3 nitrogen and oxygen atoms in total. The molecular formula is C16H18O3. The first-order valence-electron chi connectivity index (χ1n) is 6.44. The number of phenols is 3. The summed E-state index contributed by atoms with van der Waals surface area (Å²) >= 11 is 0. The van der Waals surface area contributed by atoms with Gasteiger partial charge in [-0.3, -0.25) is 0 Å². The van der Waals surface area contributed by atoms with Crippen molar-refractivity contribution < 1.29 is 15.3 Å². The molecule has 0 spiro atoms. The predicted molar refractivity (Wildman–Crippen MR) is 75.6 cm³/mol. The van der Waals surface area contributed by atoms with E-state index in [1.165, 1.54) is 6.07 Å². The standard InChI is InChI=1S/C16H18O3/c1-3-10-8-11(4-2)15(18)9-13(10)12-6-5-7-14(17)16(12)19/h5-9,17-19H,3-4H2,1-2H3. The summed E-state index contributed by atoms with van der Waals surface area (Å²) in [4.78, 5) is 0. The number of benzene rings is 2. The number of hydrogen-bond donors (Lipinski definition) is 3. The minimum atomic E-state index is -0.154. The van der Waals surface area contributed by atoms with Crippen LogP contribution in [0.3, 0.4) is 0 Å². The number of aromatic hydroxyl groups is 3. The van der Waals surface area contributed by atoms with Gasteiger partial charge in [0.15, 0.2) is 11.5 Å². The van der Waals surface area contributed by atoms with Crippen LogP contribution in [0.1, 0.15) is 25.0 Å². The Hall–Kier alpha value is -2.16. The van der Waals surface area contributed by atoms with Gasteiger partial charge in [0, 0.05) is 5.56 Å². The highest BCUT2D eigenvalue weighted by Crippen LogP contribution is 2.40. The van der Waals surface area contributed by atoms with E-state index in [-0.39, 0.29) is 17.2 Å². The summed E-state index contributed by atoms with van der Waals surface area (Å²) in [7, 11) is 0. The van der Waals surface area contributed by atoms with Crippen LogP contribution in [-0.2, 0) is 12.8 Å². The summed E-state index contributed by atoms with van der Waals surface area (Å²) in [6.45, 7) is 4.01. The molecule has 0 atom stereocenters. The third-order valence-corrected chi connectivity index (χ3v) is 3.37. The van der Waals surface area contributed by atoms with Crippen LogP contribution in [0, 0.1) is 0 Å². The molecule has 0 heterocycles. The molecule has 0 radical (unpaired) electrons. The van der Waals surface area contributed by atoms with Crippen molar-refractivity contribution in [3.05, 3.63) is 41.5 Å². The summed E-state index contributed by atoms with van der Waals surface area (Å²) < 4.78 is 0. The van der Waals surface area contributed by atoms with E-state index >= 15 is 0 Å². The lowest BCUT2D eigenvalue weighted by Gasteiger charge is -2.13. The first-order valence-corrected chi connectivity index (χ1v) is 6.44. The lowest BCUT2D eigenvalue weighted by molar-refractivity contribution is 0.405. The van der Waals surface area contributed by atoms with E-state index in [4.69, 9.17) is 0 Å². The lowest BCUT2D eigenvalue weighted by Crippen LogP contribution is -1.92. The second-order valence-corrected chi connectivity index (χ2v) is 4.52. The molecule has 3 N–H and O–H groups in total. The topological polar surface area (TPSA) is 60.7 Å². The number of hydrogen-bond acceptors (Lipinski definition) is 3. The molecule has 2 aromatic rings. The van der Waals surface area contributed by atoms with E-state index in [2.05, 4.69) is 0 Å². The fourth-order valence-corrected chi connectivity index (χ4v) is 2.26. The summed E-state index contributed by atoms with van der Waals surface area (Å²) in [6, 6.07) is 8.45. The van der Waals surface area contributed by atoms with Crippen LogP contribution in [-0.4, -0.2) is 15.3 Å². The van der Waals surface area contributed by atoms with Gasteiger partial charge in [-0.1, -0.05) is 32.0 Å². The summed E-state index contributed by atoms with van der Waals surface area (Å²) in [6.07, 6.45) is 1.54. The second-order valence-electron chi connectivity index (χ2n) is 4.52. The largest absolute Gasteiger partial charge is 0.508 e. The molecule has 0 unspecified atom stereocenters. The van der Waals surface area contributed by atoms with Crippen molar-refractivity contribution in [1.29, 1.82) is 0 Å². The molecule has 3 heteroatoms. The number of phenolic OH excluding ortho intramolecular Hbond substituents is 3. The third-order valence-electron chi connectivity index (χ3n) is 3.37. The second kappa shape index (κ2) is 5.22. The van der Waals surface area contributed by atoms with Crippen molar-refractivity contribution >= 4 is 0 Å². The van der Waals surface area contributed by atoms with Gasteiger partial charge in [0.25, 0.3) is 0 Å². The molecule has 100 valence electrons. The SMILES string of the molecule is CCc1cc(CC)c(-c2cccc(O)c2O)cc1O. The molecule has 0 aromatic heterocycles. The van der Waals surface area contributed by atoms with Crippen LogP contribution < -0.4 is 0 Å². The molecule has 0 saturated heterocycles. The van der Waals surface area contributed by atoms with Crippen LogP contribution in [0.15, 0.2) is 30.3 Å². The van der Waals surface area contributed by atoms with Gasteiger partial charge in [-0.05, 0) is 41.7 Å². The molecule has 2 rings (SSSR count). The average Bonchev–Trinajstić information content (AvgIpc) is 2.41. The molecule has 0 amide bonds. The highest BCUT2D eigenvalue weighted by atomic mass is 16.3. The van der Waals surface area contributed by atoms with Gasteiger partial charge >= 0.3 is 0 Å². The minimum Gasteiger partial charge on any atom is -0.508 e. The van der Waals surface area contributed by atoms with E-state index in [1.54, 1.807) is 18.2 Å². The molecule has 0 aliphatic carbocycles. The average molecular weight is 258 g/mol. The van der Waals surface area contributed by atoms with Crippen molar-refractivity contribution in [2.75, 3.05) is 0 Å². The lowest BCUT2D eigenvalue weighted by atomic mass is 9.94. The smallest absolute Gasteiger partial charge is 0.165 e. The van der Waals surface area contributed by atoms with Gasteiger partial charge in [0.1, 0.15) is 5.75 Å². The maximum absolute atomic E-state index is 9.99. The van der Waals surface area contributed by atoms with Gasteiger partial charge in [-0.15, -0.1) is 0 Å². The number of rotatable bonds is 3. The zero-order valence-corrected chi connectivity index (χ0v) is 11.1. The maximum Gasteiger partial charge on any atom is 0.165 e. The van der Waals surface area contributed by atoms with Gasteiger partial charge in [0.2, 0.25) is 0 Å². The van der Waals surface area contributed by atoms with Crippen LogP contribution >= 0.6 is 0 Å². The van der Waals surface area contributed by atoms with Gasteiger partial charge in [0.05, 0.1) is 0 Å². The quantitative estimate of drug-likeness (QED) is 0.737. The Morgan fingerprint density at radius 3 is 2.11 bits per heavy atom. The summed E-state index contributed by atoms with van der Waals surface area (Å²) in [5.74, 6) is -0.0862. The fourth-order valence-electron chi connectivity index (χ4n) is 2.26. The van der Waals surface area contributed by atoms with Gasteiger partial charge in [-0.2, -0.15) is 0 Å². The molecule has 0 aliphatic heterocycles. The summed E-state index contributed by atoms with van der Waals surface area (Å²) in [5, 5.41) is 29.5. The molecule has 0 fully saturated rings. The van der Waals surface area contributed by atoms with Crippen molar-refractivity contribution in [3.8, 4) is 28.4 Å². The monoisotopic (exact) mass is 258 g/mol. The number of para-hydroxylation sites is 1. The van der Waals surface area contributed by atoms with E-state index in [0.717, 1.165) is 29.5 Å². The van der Waals surface area contributed by atoms with Gasteiger partial charge in [-0.25, -0.2) is 0 Å². The Morgan fingerprint density at radius 2 is 1.47 bits per heavy atom.